The summed E-state index contributed by atoms with van der Waals surface area (Å²) < 4.78 is 20.9. The Labute approximate surface area is 294 Å². The van der Waals surface area contributed by atoms with Gasteiger partial charge in [-0.15, -0.1) is 0 Å². The highest BCUT2D eigenvalue weighted by Crippen LogP contribution is 2.39. The van der Waals surface area contributed by atoms with Crippen LogP contribution in [0.15, 0.2) is 0 Å². The lowest BCUT2D eigenvalue weighted by molar-refractivity contribution is -0.283. The summed E-state index contributed by atoms with van der Waals surface area (Å²) in [7, 11) is 1.15. The maximum Gasteiger partial charge on any atom is 0.407 e. The second-order valence-corrected chi connectivity index (χ2v) is 13.8. The zero-order valence-corrected chi connectivity index (χ0v) is 30.1. The van der Waals surface area contributed by atoms with Gasteiger partial charge in [-0.1, -0.05) is 0 Å². The lowest BCUT2D eigenvalue weighted by Gasteiger charge is -2.48. The highest BCUT2D eigenvalue weighted by atomic mass is 32.2. The molecule has 0 spiro atoms. The number of ether oxygens (including phenoxy) is 4. The van der Waals surface area contributed by atoms with E-state index in [0.29, 0.717) is 6.42 Å². The highest BCUT2D eigenvalue weighted by Gasteiger charge is 2.57. The van der Waals surface area contributed by atoms with Crippen LogP contribution in [0.2, 0.25) is 0 Å². The Balaban J connectivity index is 2.98. The average Bonchev–Trinajstić information content (AvgIpc) is 3.00. The van der Waals surface area contributed by atoms with E-state index in [4.69, 9.17) is 19.9 Å². The number of alkyl carbamates (subject to hydrolysis) is 1. The summed E-state index contributed by atoms with van der Waals surface area (Å²) >= 11 is 0.280. The number of nitrogens with two attached hydrogens (primary N) is 1. The molecule has 1 saturated heterocycles. The molecule has 5 amide bonds. The van der Waals surface area contributed by atoms with Gasteiger partial charge in [-0.2, -0.15) is 0 Å². The zero-order valence-electron chi connectivity index (χ0n) is 29.3. The first-order chi connectivity index (χ1) is 23.1. The third-order valence-corrected chi connectivity index (χ3v) is 8.12. The molecule has 1 heterocycles. The second kappa shape index (κ2) is 20.3. The fourth-order valence-corrected chi connectivity index (χ4v) is 5.58. The molecule has 1 aliphatic rings. The minimum atomic E-state index is -2.58. The van der Waals surface area contributed by atoms with Crippen LogP contribution >= 0.6 is 11.8 Å². The van der Waals surface area contributed by atoms with Gasteiger partial charge >= 0.3 is 12.1 Å². The second-order valence-electron chi connectivity index (χ2n) is 12.5. The van der Waals surface area contributed by atoms with Crippen LogP contribution in [0.3, 0.4) is 0 Å². The predicted molar refractivity (Wildman–Crippen MR) is 176 cm³/mol. The molecule has 1 rings (SSSR count). The summed E-state index contributed by atoms with van der Waals surface area (Å²) in [6.07, 6.45) is -6.77. The van der Waals surface area contributed by atoms with Crippen molar-refractivity contribution in [3.8, 4) is 0 Å². The van der Waals surface area contributed by atoms with Crippen molar-refractivity contribution in [1.29, 1.82) is 0 Å². The Morgan fingerprint density at radius 2 is 1.66 bits per heavy atom. The molecule has 1 unspecified atom stereocenters. The molecule has 0 radical (unpaired) electrons. The fourth-order valence-electron chi connectivity index (χ4n) is 4.51. The number of rotatable bonds is 18. The topological polar surface area (TPSA) is 291 Å². The van der Waals surface area contributed by atoms with E-state index in [1.807, 2.05) is 0 Å². The molecule has 9 N–H and O–H groups in total. The quantitative estimate of drug-likeness (QED) is 0.0431. The van der Waals surface area contributed by atoms with Crippen molar-refractivity contribution in [2.24, 2.45) is 5.73 Å². The molecule has 1 fully saturated rings. The summed E-state index contributed by atoms with van der Waals surface area (Å²) in [6.45, 7) is 8.12. The minimum absolute atomic E-state index is 0.102. The first-order valence-corrected chi connectivity index (χ1v) is 16.7. The van der Waals surface area contributed by atoms with E-state index in [-0.39, 0.29) is 44.0 Å². The molecule has 8 atom stereocenters. The molecule has 19 nitrogen and oxygen atoms in total. The van der Waals surface area contributed by atoms with Crippen molar-refractivity contribution in [2.45, 2.75) is 127 Å². The number of hydrogen-bond donors (Lipinski definition) is 8. The normalized spacial score (nSPS) is 23.7. The van der Waals surface area contributed by atoms with Gasteiger partial charge in [0, 0.05) is 26.3 Å². The molecule has 0 saturated carbocycles. The van der Waals surface area contributed by atoms with Crippen LogP contribution in [0.25, 0.3) is 0 Å². The standard InChI is InChI=1S/C30H51N5O14S/c1-15(26(42)35-18(25(31)41)11-12-20(38)46-7)33-27(43)16(2)47-23-22(40)19(14-36)48-30(45,24(23)34-17(3)37)50-21(39)10-8-9-13-32-28(44)49-29(4,5)6/h15-16,18-19,22-24,36,40,45H,8-14H2,1-7H3,(H2,31,41)(H,32,44)(H,33,43)(H,34,37)(H,35,42)/t15-,16+,18-,19+,22+,23-,24+,30?/m0/s1. The Morgan fingerprint density at radius 1 is 1.02 bits per heavy atom. The SMILES string of the molecule is COC(=O)CC[C@H](NC(=O)[C@H](C)NC(=O)[C@@H](C)O[C@H]1[C@H](O)[C@@H](CO)OC(O)(SC(=O)CCCCNC(=O)OC(C)(C)C)[C@@H]1NC(C)=O)C(N)=O. The lowest BCUT2D eigenvalue weighted by atomic mass is 9.96. The Morgan fingerprint density at radius 3 is 2.20 bits per heavy atom. The maximum atomic E-state index is 13.0. The molecule has 0 bridgehead atoms. The number of amides is 5. The zero-order chi connectivity index (χ0) is 38.4. The van der Waals surface area contributed by atoms with Gasteiger partial charge in [0.1, 0.15) is 48.1 Å². The molecule has 0 aromatic heterocycles. The van der Waals surface area contributed by atoms with Gasteiger partial charge in [0.25, 0.3) is 0 Å². The first kappa shape index (κ1) is 44.5. The third-order valence-electron chi connectivity index (χ3n) is 7.04. The first-order valence-electron chi connectivity index (χ1n) is 15.9. The van der Waals surface area contributed by atoms with Gasteiger partial charge in [-0.05, 0) is 65.6 Å². The van der Waals surface area contributed by atoms with Gasteiger partial charge in [0.05, 0.1) is 13.7 Å². The van der Waals surface area contributed by atoms with Crippen molar-refractivity contribution < 1.29 is 67.8 Å². The van der Waals surface area contributed by atoms with E-state index in [1.54, 1.807) is 20.8 Å². The number of thioether (sulfide) groups is 1. The molecule has 0 aromatic carbocycles. The molecule has 20 heteroatoms. The van der Waals surface area contributed by atoms with Crippen molar-refractivity contribution in [2.75, 3.05) is 20.3 Å². The summed E-state index contributed by atoms with van der Waals surface area (Å²) in [5, 5.41) is 38.8. The van der Waals surface area contributed by atoms with E-state index in [0.717, 1.165) is 14.0 Å². The molecule has 0 aromatic rings. The Bertz CT molecular complexity index is 1220. The Hall–Kier alpha value is -3.56. The van der Waals surface area contributed by atoms with Gasteiger partial charge < -0.3 is 61.3 Å². The lowest BCUT2D eigenvalue weighted by Crippen LogP contribution is -2.70. The smallest absolute Gasteiger partial charge is 0.407 e. The predicted octanol–water partition coefficient (Wildman–Crippen LogP) is -1.95. The van der Waals surface area contributed by atoms with Crippen molar-refractivity contribution >= 4 is 52.6 Å². The molecule has 50 heavy (non-hydrogen) atoms. The van der Waals surface area contributed by atoms with Crippen molar-refractivity contribution in [3.63, 3.8) is 0 Å². The van der Waals surface area contributed by atoms with E-state index in [1.165, 1.54) is 13.8 Å². The largest absolute Gasteiger partial charge is 0.469 e. The van der Waals surface area contributed by atoms with Gasteiger partial charge in [-0.3, -0.25) is 28.8 Å². The number of aliphatic hydroxyl groups is 3. The summed E-state index contributed by atoms with van der Waals surface area (Å²) in [4.78, 5) is 85.8. The van der Waals surface area contributed by atoms with Crippen LogP contribution in [0.1, 0.15) is 73.6 Å². The van der Waals surface area contributed by atoms with Crippen LogP contribution in [0, 0.1) is 0 Å². The van der Waals surface area contributed by atoms with E-state index in [9.17, 15) is 48.9 Å². The van der Waals surface area contributed by atoms with Gasteiger partial charge in [0.2, 0.25) is 28.7 Å². The molecule has 0 aliphatic carbocycles. The van der Waals surface area contributed by atoms with E-state index < -0.39 is 101 Å². The number of primary amides is 1. The molecule has 1 aliphatic heterocycles. The summed E-state index contributed by atoms with van der Waals surface area (Å²) in [5.41, 5.74) is 4.63. The number of nitrogens with one attached hydrogen (secondary N) is 4. The number of carbonyl (C=O) groups excluding carboxylic acids is 7. The average molecular weight is 738 g/mol. The number of esters is 1. The van der Waals surface area contributed by atoms with Crippen LogP contribution in [0.5, 0.6) is 0 Å². The van der Waals surface area contributed by atoms with Gasteiger partial charge in [0.15, 0.2) is 5.12 Å². The summed E-state index contributed by atoms with van der Waals surface area (Å²) in [6, 6.07) is -4.15. The third kappa shape index (κ3) is 15.1. The fraction of sp³-hybridized carbons (Fsp3) is 0.767. The maximum absolute atomic E-state index is 13.0. The number of methoxy groups -OCH3 is 1. The van der Waals surface area contributed by atoms with Crippen molar-refractivity contribution in [3.05, 3.63) is 0 Å². The number of carbonyl (C=O) groups is 7. The summed E-state index contributed by atoms with van der Waals surface area (Å²) in [5.74, 6) is -4.00. The number of aliphatic hydroxyl groups excluding tert-OH is 2. The van der Waals surface area contributed by atoms with Crippen LogP contribution < -0.4 is 27.0 Å². The van der Waals surface area contributed by atoms with Crippen LogP contribution in [0.4, 0.5) is 4.79 Å². The monoisotopic (exact) mass is 737 g/mol. The van der Waals surface area contributed by atoms with Crippen LogP contribution in [-0.2, 0) is 47.7 Å². The van der Waals surface area contributed by atoms with E-state index >= 15 is 0 Å². The molecule has 286 valence electrons. The Kier molecular flexibility index (Phi) is 18.1. The van der Waals surface area contributed by atoms with Crippen LogP contribution in [-0.4, -0.2) is 130 Å². The van der Waals surface area contributed by atoms with Crippen molar-refractivity contribution in [1.82, 2.24) is 21.3 Å². The molecular weight excluding hydrogens is 686 g/mol. The number of unbranched alkanes of at least 4 members (excludes halogenated alkanes) is 1. The van der Waals surface area contributed by atoms with Gasteiger partial charge in [-0.25, -0.2) is 4.79 Å². The minimum Gasteiger partial charge on any atom is -0.469 e. The molecular formula is C30H51N5O14S. The highest BCUT2D eigenvalue weighted by molar-refractivity contribution is 8.14. The van der Waals surface area contributed by atoms with E-state index in [2.05, 4.69) is 26.0 Å². The number of hydrogen-bond acceptors (Lipinski definition) is 15.